The molecule has 3 aliphatic rings. The van der Waals surface area contributed by atoms with Crippen molar-refractivity contribution in [1.29, 1.82) is 0 Å². The fourth-order valence-corrected chi connectivity index (χ4v) is 6.69. The predicted molar refractivity (Wildman–Crippen MR) is 185 cm³/mol. The van der Waals surface area contributed by atoms with Crippen LogP contribution in [-0.4, -0.2) is 55.8 Å². The molecule has 0 radical (unpaired) electrons. The highest BCUT2D eigenvalue weighted by molar-refractivity contribution is 5.89. The first-order chi connectivity index (χ1) is 23.4. The van der Waals surface area contributed by atoms with Crippen LogP contribution in [0.3, 0.4) is 0 Å². The third-order valence-corrected chi connectivity index (χ3v) is 9.63. The Labute approximate surface area is 283 Å². The van der Waals surface area contributed by atoms with Crippen molar-refractivity contribution < 1.29 is 28.5 Å². The molecule has 1 unspecified atom stereocenters. The van der Waals surface area contributed by atoms with Crippen LogP contribution in [0.5, 0.6) is 5.75 Å². The highest BCUT2D eigenvalue weighted by atomic mass is 16.5. The quantitative estimate of drug-likeness (QED) is 0.132. The molecule has 0 spiro atoms. The fourth-order valence-electron chi connectivity index (χ4n) is 6.69. The summed E-state index contributed by atoms with van der Waals surface area (Å²) in [5.74, 6) is 0.518. The molecule has 48 heavy (non-hydrogen) atoms. The normalized spacial score (nSPS) is 19.7. The Morgan fingerprint density at radius 3 is 2.15 bits per heavy atom. The van der Waals surface area contributed by atoms with E-state index in [4.69, 9.17) is 18.9 Å². The van der Waals surface area contributed by atoms with Crippen molar-refractivity contribution in [3.63, 3.8) is 0 Å². The summed E-state index contributed by atoms with van der Waals surface area (Å²) >= 11 is 0. The van der Waals surface area contributed by atoms with Gasteiger partial charge in [-0.3, -0.25) is 9.69 Å². The molecular formula is C41H45NO6. The number of carbonyl (C=O) groups is 2. The van der Waals surface area contributed by atoms with Crippen LogP contribution in [0.4, 0.5) is 0 Å². The number of rotatable bonds is 14. The van der Waals surface area contributed by atoms with E-state index in [1.807, 2.05) is 85.8 Å². The maximum atomic E-state index is 13.3. The average molecular weight is 648 g/mol. The van der Waals surface area contributed by atoms with Crippen LogP contribution in [0.2, 0.25) is 0 Å². The molecule has 7 rings (SSSR count). The van der Waals surface area contributed by atoms with E-state index in [1.165, 1.54) is 5.56 Å². The number of fused-ring (bicyclic) bond motifs is 3. The molecule has 2 bridgehead atoms. The molecule has 0 N–H and O–H groups in total. The summed E-state index contributed by atoms with van der Waals surface area (Å²) in [7, 11) is 1.71. The third kappa shape index (κ3) is 8.91. The SMILES string of the molecule is COC(C)Cc1ccc(COC(=O)c2ccc(COc3cccc([C@@H](CC(=O)O[C@H]4CN5CCC4CC5)c4ccccc4)c3)cc2)cc1. The number of hydrogen-bond acceptors (Lipinski definition) is 7. The first-order valence-electron chi connectivity index (χ1n) is 17.0. The summed E-state index contributed by atoms with van der Waals surface area (Å²) in [5.41, 5.74) is 5.60. The van der Waals surface area contributed by atoms with Gasteiger partial charge >= 0.3 is 11.9 Å². The van der Waals surface area contributed by atoms with Crippen LogP contribution >= 0.6 is 0 Å². The number of esters is 2. The molecule has 7 nitrogen and oxygen atoms in total. The smallest absolute Gasteiger partial charge is 0.338 e. The molecule has 0 aliphatic carbocycles. The lowest BCUT2D eigenvalue weighted by Gasteiger charge is -2.44. The Hall–Kier alpha value is -4.46. The molecule has 0 saturated carbocycles. The molecule has 3 heterocycles. The van der Waals surface area contributed by atoms with Gasteiger partial charge in [0.15, 0.2) is 0 Å². The molecule has 4 aromatic carbocycles. The van der Waals surface area contributed by atoms with Crippen LogP contribution in [0.25, 0.3) is 0 Å². The van der Waals surface area contributed by atoms with Crippen LogP contribution in [0.15, 0.2) is 103 Å². The topological polar surface area (TPSA) is 74.3 Å². The van der Waals surface area contributed by atoms with Crippen molar-refractivity contribution in [2.45, 2.75) is 63.9 Å². The summed E-state index contributed by atoms with van der Waals surface area (Å²) in [6.07, 6.45) is 3.47. The number of methoxy groups -OCH3 is 1. The van der Waals surface area contributed by atoms with Crippen LogP contribution in [0, 0.1) is 5.92 Å². The zero-order chi connectivity index (χ0) is 33.3. The summed E-state index contributed by atoms with van der Waals surface area (Å²) in [6, 6.07) is 33.4. The maximum absolute atomic E-state index is 13.3. The second-order valence-electron chi connectivity index (χ2n) is 13.0. The number of ether oxygens (including phenoxy) is 4. The minimum Gasteiger partial charge on any atom is -0.489 e. The van der Waals surface area contributed by atoms with Gasteiger partial charge in [-0.2, -0.15) is 0 Å². The fraction of sp³-hybridized carbons (Fsp3) is 0.366. The molecule has 0 amide bonds. The highest BCUT2D eigenvalue weighted by Crippen LogP contribution is 2.33. The van der Waals surface area contributed by atoms with Gasteiger partial charge in [0, 0.05) is 19.6 Å². The third-order valence-electron chi connectivity index (χ3n) is 9.63. The Morgan fingerprint density at radius 1 is 0.792 bits per heavy atom. The minimum absolute atomic E-state index is 0.00724. The van der Waals surface area contributed by atoms with Crippen molar-refractivity contribution in [2.24, 2.45) is 5.92 Å². The lowest BCUT2D eigenvalue weighted by molar-refractivity contribution is -0.159. The molecular weight excluding hydrogens is 602 g/mol. The van der Waals surface area contributed by atoms with Gasteiger partial charge in [-0.25, -0.2) is 4.79 Å². The summed E-state index contributed by atoms with van der Waals surface area (Å²) in [4.78, 5) is 28.4. The van der Waals surface area contributed by atoms with E-state index in [9.17, 15) is 9.59 Å². The second kappa shape index (κ2) is 16.1. The second-order valence-corrected chi connectivity index (χ2v) is 13.0. The molecule has 3 fully saturated rings. The van der Waals surface area contributed by atoms with Gasteiger partial charge in [-0.05, 0) is 97.3 Å². The number of hydrogen-bond donors (Lipinski definition) is 0. The molecule has 3 atom stereocenters. The van der Waals surface area contributed by atoms with Gasteiger partial charge in [-0.15, -0.1) is 0 Å². The number of carbonyl (C=O) groups excluding carboxylic acids is 2. The summed E-state index contributed by atoms with van der Waals surface area (Å²) in [6.45, 7) is 5.65. The Bertz CT molecular complexity index is 1630. The maximum Gasteiger partial charge on any atom is 0.338 e. The summed E-state index contributed by atoms with van der Waals surface area (Å²) in [5, 5.41) is 0. The van der Waals surface area contributed by atoms with Gasteiger partial charge < -0.3 is 18.9 Å². The van der Waals surface area contributed by atoms with E-state index in [1.54, 1.807) is 19.2 Å². The van der Waals surface area contributed by atoms with E-state index in [2.05, 4.69) is 17.0 Å². The molecule has 4 aromatic rings. The Balaban J connectivity index is 1.03. The Morgan fingerprint density at radius 2 is 1.46 bits per heavy atom. The predicted octanol–water partition coefficient (Wildman–Crippen LogP) is 7.36. The lowest BCUT2D eigenvalue weighted by Crippen LogP contribution is -2.52. The monoisotopic (exact) mass is 647 g/mol. The first-order valence-corrected chi connectivity index (χ1v) is 17.0. The van der Waals surface area contributed by atoms with Gasteiger partial charge in [0.25, 0.3) is 0 Å². The number of nitrogens with zero attached hydrogens (tertiary/aromatic N) is 1. The lowest BCUT2D eigenvalue weighted by atomic mass is 9.85. The number of piperidine rings is 3. The molecule has 3 aliphatic heterocycles. The largest absolute Gasteiger partial charge is 0.489 e. The molecule has 7 heteroatoms. The van der Waals surface area contributed by atoms with Gasteiger partial charge in [-0.1, -0.05) is 78.9 Å². The van der Waals surface area contributed by atoms with Gasteiger partial charge in [0.2, 0.25) is 0 Å². The average Bonchev–Trinajstić information content (AvgIpc) is 3.13. The molecule has 250 valence electrons. The van der Waals surface area contributed by atoms with Crippen molar-refractivity contribution in [2.75, 3.05) is 26.7 Å². The molecule has 3 saturated heterocycles. The standard InChI is InChI=1S/C41H45NO6/c1-29(45-2)23-30-11-13-31(14-12-30)28-47-41(44)35-17-15-32(16-18-35)27-46-37-10-6-9-36(24-37)38(33-7-4-3-5-8-33)25-40(43)48-39-26-42-21-19-34(39)20-22-42/h3-18,24,29,34,38-39H,19-23,25-28H2,1-2H3/t29?,38-,39-/m0/s1. The summed E-state index contributed by atoms with van der Waals surface area (Å²) < 4.78 is 23.1. The van der Waals surface area contributed by atoms with Crippen LogP contribution in [-0.2, 0) is 38.6 Å². The minimum atomic E-state index is -0.369. The van der Waals surface area contributed by atoms with Crippen LogP contribution in [0.1, 0.15) is 70.3 Å². The van der Waals surface area contributed by atoms with Crippen LogP contribution < -0.4 is 4.74 Å². The number of benzene rings is 4. The van der Waals surface area contributed by atoms with E-state index in [0.717, 1.165) is 61.2 Å². The Kier molecular flexibility index (Phi) is 11.2. The zero-order valence-electron chi connectivity index (χ0n) is 27.9. The first kappa shape index (κ1) is 33.4. The van der Waals surface area contributed by atoms with Gasteiger partial charge in [0.05, 0.1) is 18.1 Å². The van der Waals surface area contributed by atoms with E-state index < -0.39 is 0 Å². The van der Waals surface area contributed by atoms with Crippen molar-refractivity contribution in [1.82, 2.24) is 4.90 Å². The van der Waals surface area contributed by atoms with Crippen molar-refractivity contribution in [3.05, 3.63) is 137 Å². The highest BCUT2D eigenvalue weighted by Gasteiger charge is 2.36. The van der Waals surface area contributed by atoms with E-state index >= 15 is 0 Å². The van der Waals surface area contributed by atoms with Crippen molar-refractivity contribution >= 4 is 11.9 Å². The van der Waals surface area contributed by atoms with Crippen molar-refractivity contribution in [3.8, 4) is 5.75 Å². The molecule has 0 aromatic heterocycles. The van der Waals surface area contributed by atoms with E-state index in [-0.39, 0.29) is 43.1 Å². The van der Waals surface area contributed by atoms with E-state index in [0.29, 0.717) is 23.8 Å². The van der Waals surface area contributed by atoms with Gasteiger partial charge in [0.1, 0.15) is 25.1 Å². The zero-order valence-corrected chi connectivity index (χ0v) is 27.9.